The van der Waals surface area contributed by atoms with E-state index in [0.29, 0.717) is 11.8 Å². The Hall–Kier alpha value is -1.95. The molecule has 0 aliphatic heterocycles. The van der Waals surface area contributed by atoms with Crippen molar-refractivity contribution in [1.82, 2.24) is 9.97 Å². The van der Waals surface area contributed by atoms with Gasteiger partial charge < -0.3 is 10.6 Å². The van der Waals surface area contributed by atoms with E-state index in [9.17, 15) is 8.78 Å². The van der Waals surface area contributed by atoms with Crippen LogP contribution < -0.4 is 10.6 Å². The maximum Gasteiger partial charge on any atom is 0.224 e. The van der Waals surface area contributed by atoms with Crippen LogP contribution in [0, 0.1) is 11.6 Å². The van der Waals surface area contributed by atoms with E-state index in [4.69, 9.17) is 11.6 Å². The van der Waals surface area contributed by atoms with Crippen LogP contribution in [0.25, 0.3) is 0 Å². The summed E-state index contributed by atoms with van der Waals surface area (Å²) in [5.41, 5.74) is -0.0289. The molecule has 18 heavy (non-hydrogen) atoms. The number of anilines is 3. The summed E-state index contributed by atoms with van der Waals surface area (Å²) in [7, 11) is 1.66. The van der Waals surface area contributed by atoms with E-state index in [1.54, 1.807) is 13.1 Å². The van der Waals surface area contributed by atoms with E-state index in [1.807, 2.05) is 0 Å². The van der Waals surface area contributed by atoms with Crippen LogP contribution in [0.2, 0.25) is 5.02 Å². The minimum Gasteiger partial charge on any atom is -0.357 e. The number of nitrogens with one attached hydrogen (secondary N) is 2. The third-order valence-corrected chi connectivity index (χ3v) is 2.44. The Morgan fingerprint density at radius 3 is 2.72 bits per heavy atom. The van der Waals surface area contributed by atoms with Crippen molar-refractivity contribution in [3.8, 4) is 0 Å². The highest BCUT2D eigenvalue weighted by Crippen LogP contribution is 2.28. The standard InChI is InChI=1S/C11H9ClF2N4/c1-15-11-16-3-2-9(18-11)17-10-7(12)4-6(13)5-8(10)14/h2-5H,1H3,(H2,15,16,17,18). The molecule has 1 heterocycles. The van der Waals surface area contributed by atoms with Crippen LogP contribution in [0.5, 0.6) is 0 Å². The average molecular weight is 271 g/mol. The van der Waals surface area contributed by atoms with Crippen molar-refractivity contribution < 1.29 is 8.78 Å². The summed E-state index contributed by atoms with van der Waals surface area (Å²) in [6.07, 6.45) is 1.50. The van der Waals surface area contributed by atoms with Crippen molar-refractivity contribution in [1.29, 1.82) is 0 Å². The van der Waals surface area contributed by atoms with Crippen molar-refractivity contribution >= 4 is 29.1 Å². The van der Waals surface area contributed by atoms with Gasteiger partial charge in [-0.1, -0.05) is 11.6 Å². The minimum absolute atomic E-state index is 0.0289. The summed E-state index contributed by atoms with van der Waals surface area (Å²) in [4.78, 5) is 7.95. The first-order valence-electron chi connectivity index (χ1n) is 5.02. The second-order valence-corrected chi connectivity index (χ2v) is 3.79. The van der Waals surface area contributed by atoms with Crippen LogP contribution in [0.4, 0.5) is 26.2 Å². The molecule has 0 bridgehead atoms. The summed E-state index contributed by atoms with van der Waals surface area (Å²) in [5, 5.41) is 5.36. The lowest BCUT2D eigenvalue weighted by Crippen LogP contribution is -2.01. The minimum atomic E-state index is -0.787. The lowest BCUT2D eigenvalue weighted by atomic mass is 10.3. The normalized spacial score (nSPS) is 10.2. The maximum absolute atomic E-state index is 13.5. The fourth-order valence-electron chi connectivity index (χ4n) is 1.34. The molecule has 1 aromatic heterocycles. The van der Waals surface area contributed by atoms with E-state index < -0.39 is 11.6 Å². The quantitative estimate of drug-likeness (QED) is 0.899. The molecular formula is C11H9ClF2N4. The van der Waals surface area contributed by atoms with Crippen LogP contribution in [0.15, 0.2) is 24.4 Å². The van der Waals surface area contributed by atoms with Gasteiger partial charge in [-0.05, 0) is 12.1 Å². The molecule has 7 heteroatoms. The molecule has 1 aromatic carbocycles. The van der Waals surface area contributed by atoms with Crippen LogP contribution in [-0.2, 0) is 0 Å². The molecule has 0 atom stereocenters. The SMILES string of the molecule is CNc1nccc(Nc2c(F)cc(F)cc2Cl)n1. The molecule has 2 rings (SSSR count). The molecule has 0 amide bonds. The Labute approximate surface area is 107 Å². The molecule has 0 radical (unpaired) electrons. The molecule has 2 aromatic rings. The second kappa shape index (κ2) is 5.14. The Kier molecular flexibility index (Phi) is 3.57. The number of benzene rings is 1. The number of hydrogen-bond acceptors (Lipinski definition) is 4. The fourth-order valence-corrected chi connectivity index (χ4v) is 1.58. The van der Waals surface area contributed by atoms with E-state index in [-0.39, 0.29) is 10.7 Å². The van der Waals surface area contributed by atoms with Gasteiger partial charge in [-0.3, -0.25) is 0 Å². The van der Waals surface area contributed by atoms with Gasteiger partial charge in [0.25, 0.3) is 0 Å². The van der Waals surface area contributed by atoms with Gasteiger partial charge in [0.05, 0.1) is 10.7 Å². The fraction of sp³-hybridized carbons (Fsp3) is 0.0909. The highest BCUT2D eigenvalue weighted by atomic mass is 35.5. The Morgan fingerprint density at radius 2 is 2.06 bits per heavy atom. The van der Waals surface area contributed by atoms with Gasteiger partial charge in [-0.25, -0.2) is 13.8 Å². The van der Waals surface area contributed by atoms with Crippen LogP contribution in [0.1, 0.15) is 0 Å². The Morgan fingerprint density at radius 1 is 1.28 bits per heavy atom. The summed E-state index contributed by atoms with van der Waals surface area (Å²) in [5.74, 6) is -0.799. The van der Waals surface area contributed by atoms with Gasteiger partial charge >= 0.3 is 0 Å². The van der Waals surface area contributed by atoms with Crippen molar-refractivity contribution in [3.63, 3.8) is 0 Å². The summed E-state index contributed by atoms with van der Waals surface area (Å²) in [6, 6.07) is 3.31. The van der Waals surface area contributed by atoms with Gasteiger partial charge in [-0.2, -0.15) is 4.98 Å². The molecule has 2 N–H and O–H groups in total. The Bertz CT molecular complexity index is 554. The first-order chi connectivity index (χ1) is 8.60. The van der Waals surface area contributed by atoms with E-state index in [1.165, 1.54) is 6.20 Å². The van der Waals surface area contributed by atoms with Gasteiger partial charge in [0.15, 0.2) is 5.82 Å². The molecule has 0 saturated carbocycles. The van der Waals surface area contributed by atoms with E-state index in [0.717, 1.165) is 12.1 Å². The van der Waals surface area contributed by atoms with E-state index in [2.05, 4.69) is 20.6 Å². The van der Waals surface area contributed by atoms with Gasteiger partial charge in [-0.15, -0.1) is 0 Å². The number of halogens is 3. The highest BCUT2D eigenvalue weighted by Gasteiger charge is 2.11. The third-order valence-electron chi connectivity index (χ3n) is 2.14. The number of hydrogen-bond donors (Lipinski definition) is 2. The molecule has 0 unspecified atom stereocenters. The largest absolute Gasteiger partial charge is 0.357 e. The van der Waals surface area contributed by atoms with E-state index >= 15 is 0 Å². The smallest absolute Gasteiger partial charge is 0.224 e. The van der Waals surface area contributed by atoms with Crippen LogP contribution in [0.3, 0.4) is 0 Å². The summed E-state index contributed by atoms with van der Waals surface area (Å²) < 4.78 is 26.4. The molecule has 0 spiro atoms. The van der Waals surface area contributed by atoms with Crippen molar-refractivity contribution in [2.75, 3.05) is 17.7 Å². The van der Waals surface area contributed by atoms with Gasteiger partial charge in [0.2, 0.25) is 5.95 Å². The van der Waals surface area contributed by atoms with Crippen molar-refractivity contribution in [2.45, 2.75) is 0 Å². The predicted molar refractivity (Wildman–Crippen MR) is 66.2 cm³/mol. The first-order valence-corrected chi connectivity index (χ1v) is 5.40. The first kappa shape index (κ1) is 12.5. The lowest BCUT2D eigenvalue weighted by molar-refractivity contribution is 0.586. The molecule has 94 valence electrons. The van der Waals surface area contributed by atoms with Gasteiger partial charge in [0, 0.05) is 19.3 Å². The zero-order valence-corrected chi connectivity index (χ0v) is 10.1. The number of aromatic nitrogens is 2. The van der Waals surface area contributed by atoms with Gasteiger partial charge in [0.1, 0.15) is 11.6 Å². The van der Waals surface area contributed by atoms with Crippen molar-refractivity contribution in [3.05, 3.63) is 41.1 Å². The highest BCUT2D eigenvalue weighted by molar-refractivity contribution is 6.33. The summed E-state index contributed by atoms with van der Waals surface area (Å²) >= 11 is 5.76. The molecule has 0 aliphatic rings. The predicted octanol–water partition coefficient (Wildman–Crippen LogP) is 3.19. The summed E-state index contributed by atoms with van der Waals surface area (Å²) in [6.45, 7) is 0. The lowest BCUT2D eigenvalue weighted by Gasteiger charge is -2.09. The van der Waals surface area contributed by atoms with Crippen LogP contribution >= 0.6 is 11.6 Å². The zero-order chi connectivity index (χ0) is 13.1. The molecule has 0 aliphatic carbocycles. The zero-order valence-electron chi connectivity index (χ0n) is 9.34. The van der Waals surface area contributed by atoms with Crippen LogP contribution in [-0.4, -0.2) is 17.0 Å². The maximum atomic E-state index is 13.5. The Balaban J connectivity index is 2.33. The second-order valence-electron chi connectivity index (χ2n) is 3.38. The third kappa shape index (κ3) is 2.65. The number of nitrogens with zero attached hydrogens (tertiary/aromatic N) is 2. The van der Waals surface area contributed by atoms with Crippen molar-refractivity contribution in [2.24, 2.45) is 0 Å². The molecule has 0 fully saturated rings. The topological polar surface area (TPSA) is 49.8 Å². The monoisotopic (exact) mass is 270 g/mol. The molecule has 0 saturated heterocycles. The molecular weight excluding hydrogens is 262 g/mol. The average Bonchev–Trinajstić information content (AvgIpc) is 2.34. The molecule has 4 nitrogen and oxygen atoms in total. The number of rotatable bonds is 3.